The number of hydrogen-bond donors (Lipinski definition) is 1. The van der Waals surface area contributed by atoms with Crippen molar-refractivity contribution in [3.8, 4) is 0 Å². The summed E-state index contributed by atoms with van der Waals surface area (Å²) >= 11 is 2.65. The van der Waals surface area contributed by atoms with Crippen LogP contribution in [-0.2, 0) is 15.8 Å². The molecule has 0 radical (unpaired) electrons. The van der Waals surface area contributed by atoms with Crippen molar-refractivity contribution in [2.45, 2.75) is 35.1 Å². The maximum absolute atomic E-state index is 12.9. The van der Waals surface area contributed by atoms with Gasteiger partial charge in [0, 0.05) is 13.1 Å². The van der Waals surface area contributed by atoms with Crippen molar-refractivity contribution in [3.63, 3.8) is 0 Å². The number of nitrogens with zero attached hydrogens (tertiary/aromatic N) is 3. The second-order valence-corrected chi connectivity index (χ2v) is 10.8. The topological polar surface area (TPSA) is 109 Å². The van der Waals surface area contributed by atoms with Crippen LogP contribution in [0.15, 0.2) is 49.0 Å². The van der Waals surface area contributed by atoms with Gasteiger partial charge in [0.1, 0.15) is 16.0 Å². The molecule has 0 atom stereocenters. The Hall–Kier alpha value is -2.21. The van der Waals surface area contributed by atoms with E-state index in [1.165, 1.54) is 27.4 Å². The summed E-state index contributed by atoms with van der Waals surface area (Å²) in [6.45, 7) is 1.11. The number of benzene rings is 1. The second kappa shape index (κ2) is 7.80. The third-order valence-corrected chi connectivity index (χ3v) is 8.62. The molecule has 1 aromatic carbocycles. The molecule has 5 rings (SSSR count). The van der Waals surface area contributed by atoms with Crippen LogP contribution >= 0.6 is 23.1 Å². The summed E-state index contributed by atoms with van der Waals surface area (Å²) in [5.41, 5.74) is 1.52. The van der Waals surface area contributed by atoms with Crippen molar-refractivity contribution in [3.05, 3.63) is 45.8 Å². The number of nitrogens with one attached hydrogen (secondary N) is 1. The van der Waals surface area contributed by atoms with Crippen LogP contribution in [0.4, 0.5) is 0 Å². The van der Waals surface area contributed by atoms with Gasteiger partial charge in [-0.25, -0.2) is 18.4 Å². The van der Waals surface area contributed by atoms with Gasteiger partial charge in [0.25, 0.3) is 10.8 Å². The molecule has 1 aliphatic rings. The van der Waals surface area contributed by atoms with E-state index in [2.05, 4.69) is 15.0 Å². The van der Waals surface area contributed by atoms with E-state index in [1.807, 2.05) is 11.4 Å². The first-order chi connectivity index (χ1) is 14.5. The lowest BCUT2D eigenvalue weighted by Gasteiger charge is -2.25. The number of H-pyrrole nitrogens is 1. The van der Waals surface area contributed by atoms with Crippen LogP contribution in [0.1, 0.15) is 25.1 Å². The van der Waals surface area contributed by atoms with Crippen molar-refractivity contribution in [2.24, 2.45) is 0 Å². The van der Waals surface area contributed by atoms with Crippen LogP contribution in [0.5, 0.6) is 0 Å². The van der Waals surface area contributed by atoms with Crippen molar-refractivity contribution in [2.75, 3.05) is 13.1 Å². The molecule has 156 valence electrons. The van der Waals surface area contributed by atoms with E-state index in [0.29, 0.717) is 51.2 Å². The predicted molar refractivity (Wildman–Crippen MR) is 116 cm³/mol. The minimum atomic E-state index is -3.52. The van der Waals surface area contributed by atoms with Gasteiger partial charge in [-0.1, -0.05) is 18.2 Å². The number of rotatable bonds is 5. The maximum atomic E-state index is 12.9. The molecular formula is C19H18N4O4S3. The quantitative estimate of drug-likeness (QED) is 0.451. The Bertz CT molecular complexity index is 1380. The lowest BCUT2D eigenvalue weighted by Crippen LogP contribution is -2.35. The Morgan fingerprint density at radius 2 is 1.97 bits per heavy atom. The average molecular weight is 463 g/mol. The first-order valence-electron chi connectivity index (χ1n) is 9.51. The van der Waals surface area contributed by atoms with Crippen LogP contribution in [0.2, 0.25) is 0 Å². The Morgan fingerprint density at radius 1 is 1.13 bits per heavy atom. The molecule has 1 fully saturated rings. The molecule has 0 aliphatic carbocycles. The standard InChI is InChI=1S/C19H18N4O4S3/c24-18-17-13(6-9-28-17)20-16(22-18)11-29-19-21-14-10-12(4-5-15(14)27-19)30(25,26)23-7-2-1-3-8-23/h4-6,9-10H,1-3,7-8,11H2,(H,20,22,24). The van der Waals surface area contributed by atoms with E-state index >= 15 is 0 Å². The molecule has 1 saturated heterocycles. The molecule has 11 heteroatoms. The number of aromatic amines is 1. The number of fused-ring (bicyclic) bond motifs is 2. The Labute approximate surface area is 180 Å². The summed E-state index contributed by atoms with van der Waals surface area (Å²) in [6.07, 6.45) is 2.84. The molecule has 1 N–H and O–H groups in total. The van der Waals surface area contributed by atoms with Gasteiger partial charge in [-0.05, 0) is 42.5 Å². The van der Waals surface area contributed by atoms with E-state index < -0.39 is 10.0 Å². The molecular weight excluding hydrogens is 444 g/mol. The first kappa shape index (κ1) is 19.7. The van der Waals surface area contributed by atoms with E-state index in [4.69, 9.17) is 4.42 Å². The molecule has 0 bridgehead atoms. The van der Waals surface area contributed by atoms with Crippen LogP contribution < -0.4 is 5.56 Å². The summed E-state index contributed by atoms with van der Waals surface area (Å²) in [7, 11) is -3.52. The number of hydrogen-bond acceptors (Lipinski definition) is 8. The molecule has 0 amide bonds. The zero-order chi connectivity index (χ0) is 20.7. The lowest BCUT2D eigenvalue weighted by atomic mass is 10.2. The maximum Gasteiger partial charge on any atom is 0.268 e. The summed E-state index contributed by atoms with van der Waals surface area (Å²) in [4.78, 5) is 23.9. The number of thioether (sulfide) groups is 1. The number of sulfonamides is 1. The molecule has 30 heavy (non-hydrogen) atoms. The van der Waals surface area contributed by atoms with Crippen LogP contribution in [0, 0.1) is 0 Å². The summed E-state index contributed by atoms with van der Waals surface area (Å²) in [6, 6.07) is 6.58. The fourth-order valence-electron chi connectivity index (χ4n) is 3.48. The SMILES string of the molecule is O=c1[nH]c(CSc2nc3cc(S(=O)(=O)N4CCCCC4)ccc3o2)nc2ccsc12. The highest BCUT2D eigenvalue weighted by Crippen LogP contribution is 2.29. The van der Waals surface area contributed by atoms with Gasteiger partial charge in [-0.2, -0.15) is 4.31 Å². The smallest absolute Gasteiger partial charge is 0.268 e. The Balaban J connectivity index is 1.37. The van der Waals surface area contributed by atoms with E-state index in [9.17, 15) is 13.2 Å². The zero-order valence-corrected chi connectivity index (χ0v) is 18.3. The van der Waals surface area contributed by atoms with Crippen molar-refractivity contribution in [1.29, 1.82) is 0 Å². The number of oxazole rings is 1. The van der Waals surface area contributed by atoms with E-state index in [0.717, 1.165) is 19.3 Å². The second-order valence-electron chi connectivity index (χ2n) is 7.01. The number of aromatic nitrogens is 3. The van der Waals surface area contributed by atoms with Crippen LogP contribution in [-0.4, -0.2) is 40.8 Å². The third kappa shape index (κ3) is 3.66. The first-order valence-corrected chi connectivity index (χ1v) is 12.8. The lowest BCUT2D eigenvalue weighted by molar-refractivity contribution is 0.346. The van der Waals surface area contributed by atoms with Crippen molar-refractivity contribution in [1.82, 2.24) is 19.3 Å². The van der Waals surface area contributed by atoms with Gasteiger partial charge in [0.05, 0.1) is 16.2 Å². The minimum absolute atomic E-state index is 0.157. The number of piperidine rings is 1. The Morgan fingerprint density at radius 3 is 2.80 bits per heavy atom. The fourth-order valence-corrected chi connectivity index (χ4v) is 6.45. The number of thiophene rings is 1. The van der Waals surface area contributed by atoms with Crippen molar-refractivity contribution < 1.29 is 12.8 Å². The van der Waals surface area contributed by atoms with Crippen molar-refractivity contribution >= 4 is 54.4 Å². The van der Waals surface area contributed by atoms with Gasteiger partial charge >= 0.3 is 0 Å². The van der Waals surface area contributed by atoms with Gasteiger partial charge in [0.2, 0.25) is 10.0 Å². The molecule has 1 aliphatic heterocycles. The highest BCUT2D eigenvalue weighted by Gasteiger charge is 2.26. The molecule has 0 saturated carbocycles. The van der Waals surface area contributed by atoms with Gasteiger partial charge in [-0.15, -0.1) is 11.3 Å². The fraction of sp³-hybridized carbons (Fsp3) is 0.316. The van der Waals surface area contributed by atoms with E-state index in [-0.39, 0.29) is 10.5 Å². The van der Waals surface area contributed by atoms with E-state index in [1.54, 1.807) is 18.2 Å². The molecule has 0 unspecified atom stereocenters. The average Bonchev–Trinajstić information content (AvgIpc) is 3.39. The molecule has 4 aromatic rings. The summed E-state index contributed by atoms with van der Waals surface area (Å²) in [5.74, 6) is 0.916. The molecule has 4 heterocycles. The van der Waals surface area contributed by atoms with Crippen LogP contribution in [0.3, 0.4) is 0 Å². The minimum Gasteiger partial charge on any atom is -0.431 e. The molecule has 0 spiro atoms. The molecule has 8 nitrogen and oxygen atoms in total. The van der Waals surface area contributed by atoms with Crippen LogP contribution in [0.25, 0.3) is 21.3 Å². The van der Waals surface area contributed by atoms with Gasteiger partial charge in [-0.3, -0.25) is 4.79 Å². The Kier molecular flexibility index (Phi) is 5.13. The largest absolute Gasteiger partial charge is 0.431 e. The zero-order valence-electron chi connectivity index (χ0n) is 15.8. The summed E-state index contributed by atoms with van der Waals surface area (Å²) < 4.78 is 33.6. The predicted octanol–water partition coefficient (Wildman–Crippen LogP) is 3.59. The highest BCUT2D eigenvalue weighted by molar-refractivity contribution is 7.98. The van der Waals surface area contributed by atoms with Gasteiger partial charge < -0.3 is 9.40 Å². The van der Waals surface area contributed by atoms with Gasteiger partial charge in [0.15, 0.2) is 5.58 Å². The third-order valence-electron chi connectivity index (χ3n) is 4.99. The monoisotopic (exact) mass is 462 g/mol. The summed E-state index contributed by atoms with van der Waals surface area (Å²) in [5, 5.41) is 2.23. The normalized spacial score (nSPS) is 15.9. The highest BCUT2D eigenvalue weighted by atomic mass is 32.2. The molecule has 3 aromatic heterocycles.